The topological polar surface area (TPSA) is 94.4 Å². The van der Waals surface area contributed by atoms with Crippen molar-refractivity contribution in [3.05, 3.63) is 64.8 Å². The van der Waals surface area contributed by atoms with Crippen LogP contribution in [0.1, 0.15) is 40.0 Å². The Balaban J connectivity index is 1.45. The number of nitrogens with two attached hydrogens (primary N) is 1. The summed E-state index contributed by atoms with van der Waals surface area (Å²) in [6.07, 6.45) is 4.50. The first-order valence-electron chi connectivity index (χ1n) is 9.41. The minimum Gasteiger partial charge on any atom is -0.484 e. The van der Waals surface area contributed by atoms with Crippen molar-refractivity contribution >= 4 is 22.8 Å². The number of carbonyl (C=O) groups is 2. The smallest absolute Gasteiger partial charge is 0.338 e. The third-order valence-electron chi connectivity index (χ3n) is 4.98. The first kappa shape index (κ1) is 18.1. The van der Waals surface area contributed by atoms with Crippen LogP contribution in [0.5, 0.6) is 5.75 Å². The molecule has 0 bridgehead atoms. The van der Waals surface area contributed by atoms with Gasteiger partial charge in [0.25, 0.3) is 5.91 Å². The monoisotopic (exact) mass is 378 g/mol. The van der Waals surface area contributed by atoms with E-state index >= 15 is 0 Å². The van der Waals surface area contributed by atoms with Crippen LogP contribution >= 0.6 is 0 Å². The first-order chi connectivity index (χ1) is 13.6. The maximum atomic E-state index is 12.5. The van der Waals surface area contributed by atoms with E-state index in [1.165, 1.54) is 24.1 Å². The minimum atomic E-state index is -0.542. The lowest BCUT2D eigenvalue weighted by molar-refractivity contribution is -0.119. The average Bonchev–Trinajstić information content (AvgIpc) is 3.08. The Hall–Kier alpha value is -3.28. The molecule has 1 aliphatic rings. The van der Waals surface area contributed by atoms with E-state index in [1.54, 1.807) is 24.3 Å². The third-order valence-corrected chi connectivity index (χ3v) is 4.98. The lowest BCUT2D eigenvalue weighted by atomic mass is 9.95. The van der Waals surface area contributed by atoms with Crippen LogP contribution in [0.2, 0.25) is 0 Å². The Morgan fingerprint density at radius 3 is 2.79 bits per heavy atom. The molecule has 0 spiro atoms. The Kier molecular flexibility index (Phi) is 5.02. The van der Waals surface area contributed by atoms with Gasteiger partial charge in [0.05, 0.1) is 5.56 Å². The van der Waals surface area contributed by atoms with Gasteiger partial charge in [-0.05, 0) is 67.1 Å². The predicted molar refractivity (Wildman–Crippen MR) is 105 cm³/mol. The molecule has 0 unspecified atom stereocenters. The fraction of sp³-hybridized carbons (Fsp3) is 0.273. The molecule has 1 aromatic heterocycles. The van der Waals surface area contributed by atoms with E-state index in [-0.39, 0.29) is 19.2 Å². The molecule has 1 amide bonds. The minimum absolute atomic E-state index is 0.121. The summed E-state index contributed by atoms with van der Waals surface area (Å²) in [6, 6.07) is 12.7. The molecule has 3 aromatic rings. The van der Waals surface area contributed by atoms with Crippen molar-refractivity contribution in [2.24, 2.45) is 5.73 Å². The molecule has 6 heteroatoms. The average molecular weight is 378 g/mol. The molecule has 28 heavy (non-hydrogen) atoms. The van der Waals surface area contributed by atoms with Crippen LogP contribution in [0.15, 0.2) is 42.5 Å². The molecule has 1 aliphatic carbocycles. The molecule has 1 heterocycles. The van der Waals surface area contributed by atoms with Crippen molar-refractivity contribution < 1.29 is 19.1 Å². The predicted octanol–water partition coefficient (Wildman–Crippen LogP) is 3.27. The number of hydrogen-bond donors (Lipinski definition) is 2. The molecule has 0 aliphatic heterocycles. The number of aryl methyl sites for hydroxylation is 2. The maximum Gasteiger partial charge on any atom is 0.338 e. The normalized spacial score (nSPS) is 13.1. The number of carbonyl (C=O) groups excluding carboxylic acids is 2. The van der Waals surface area contributed by atoms with E-state index in [0.717, 1.165) is 29.3 Å². The van der Waals surface area contributed by atoms with Crippen LogP contribution in [0.3, 0.4) is 0 Å². The second kappa shape index (κ2) is 7.76. The number of benzene rings is 2. The zero-order valence-corrected chi connectivity index (χ0v) is 15.5. The van der Waals surface area contributed by atoms with Crippen LogP contribution in [-0.4, -0.2) is 23.5 Å². The molecular weight excluding hydrogens is 356 g/mol. The van der Waals surface area contributed by atoms with E-state index in [9.17, 15) is 9.59 Å². The summed E-state index contributed by atoms with van der Waals surface area (Å²) in [5, 5.41) is 1.12. The van der Waals surface area contributed by atoms with Gasteiger partial charge in [0.15, 0.2) is 6.61 Å². The summed E-state index contributed by atoms with van der Waals surface area (Å²) < 4.78 is 10.7. The van der Waals surface area contributed by atoms with Gasteiger partial charge in [-0.2, -0.15) is 0 Å². The lowest BCUT2D eigenvalue weighted by Crippen LogP contribution is -2.20. The highest BCUT2D eigenvalue weighted by Crippen LogP contribution is 2.30. The second-order valence-electron chi connectivity index (χ2n) is 7.03. The van der Waals surface area contributed by atoms with Crippen molar-refractivity contribution in [3.63, 3.8) is 0 Å². The van der Waals surface area contributed by atoms with Crippen molar-refractivity contribution in [1.82, 2.24) is 4.98 Å². The maximum absolute atomic E-state index is 12.5. The second-order valence-corrected chi connectivity index (χ2v) is 7.03. The van der Waals surface area contributed by atoms with E-state index in [4.69, 9.17) is 15.2 Å². The van der Waals surface area contributed by atoms with Crippen molar-refractivity contribution in [2.75, 3.05) is 6.61 Å². The van der Waals surface area contributed by atoms with Crippen LogP contribution in [-0.2, 0) is 29.0 Å². The van der Waals surface area contributed by atoms with Gasteiger partial charge in [0.1, 0.15) is 12.4 Å². The number of H-pyrrole nitrogens is 1. The summed E-state index contributed by atoms with van der Waals surface area (Å²) in [4.78, 5) is 26.8. The van der Waals surface area contributed by atoms with Crippen LogP contribution in [0.4, 0.5) is 0 Å². The standard InChI is InChI=1S/C22H22N2O4/c23-21(25)13-27-16-5-3-4-14(10-16)12-28-22(26)15-8-9-20-18(11-15)17-6-1-2-7-19(17)24-20/h3-5,8-11,24H,1-2,6-7,12-13H2,(H2,23,25). The number of aromatic nitrogens is 1. The van der Waals surface area contributed by atoms with Crippen LogP contribution < -0.4 is 10.5 Å². The highest BCUT2D eigenvalue weighted by Gasteiger charge is 2.17. The Bertz CT molecular complexity index is 1040. The molecule has 6 nitrogen and oxygen atoms in total. The van der Waals surface area contributed by atoms with Gasteiger partial charge in [0.2, 0.25) is 0 Å². The van der Waals surface area contributed by atoms with Crippen LogP contribution in [0.25, 0.3) is 10.9 Å². The summed E-state index contributed by atoms with van der Waals surface area (Å²) in [5.74, 6) is -0.400. The molecule has 0 radical (unpaired) electrons. The number of nitrogens with one attached hydrogen (secondary N) is 1. The van der Waals surface area contributed by atoms with Gasteiger partial charge < -0.3 is 20.2 Å². The lowest BCUT2D eigenvalue weighted by Gasteiger charge is -2.10. The summed E-state index contributed by atoms with van der Waals surface area (Å²) in [6.45, 7) is -0.0693. The Morgan fingerprint density at radius 2 is 1.93 bits per heavy atom. The van der Waals surface area contributed by atoms with E-state index in [1.807, 2.05) is 18.2 Å². The number of rotatable bonds is 6. The zero-order chi connectivity index (χ0) is 19.5. The zero-order valence-electron chi connectivity index (χ0n) is 15.5. The molecule has 0 saturated carbocycles. The summed E-state index contributed by atoms with van der Waals surface area (Å²) in [7, 11) is 0. The number of hydrogen-bond acceptors (Lipinski definition) is 4. The molecular formula is C22H22N2O4. The molecule has 0 fully saturated rings. The quantitative estimate of drug-likeness (QED) is 0.644. The SMILES string of the molecule is NC(=O)COc1cccc(COC(=O)c2ccc3[nH]c4c(c3c2)CCCC4)c1. The number of fused-ring (bicyclic) bond motifs is 3. The molecule has 0 atom stereocenters. The van der Waals surface area contributed by atoms with Gasteiger partial charge >= 0.3 is 5.97 Å². The number of esters is 1. The van der Waals surface area contributed by atoms with Gasteiger partial charge in [-0.15, -0.1) is 0 Å². The van der Waals surface area contributed by atoms with E-state index < -0.39 is 5.91 Å². The van der Waals surface area contributed by atoms with Crippen LogP contribution in [0, 0.1) is 0 Å². The van der Waals surface area contributed by atoms with Gasteiger partial charge in [0, 0.05) is 16.6 Å². The van der Waals surface area contributed by atoms with E-state index in [0.29, 0.717) is 11.3 Å². The Morgan fingerprint density at radius 1 is 1.07 bits per heavy atom. The fourth-order valence-corrected chi connectivity index (χ4v) is 3.64. The Labute approximate surface area is 162 Å². The largest absolute Gasteiger partial charge is 0.484 e. The molecule has 4 rings (SSSR count). The summed E-state index contributed by atoms with van der Waals surface area (Å²) >= 11 is 0. The van der Waals surface area contributed by atoms with Crippen molar-refractivity contribution in [3.8, 4) is 5.75 Å². The summed E-state index contributed by atoms with van der Waals surface area (Å²) in [5.41, 5.74) is 10.1. The molecule has 3 N–H and O–H groups in total. The number of amides is 1. The van der Waals surface area contributed by atoms with Gasteiger partial charge in [-0.3, -0.25) is 4.79 Å². The van der Waals surface area contributed by atoms with Crippen molar-refractivity contribution in [1.29, 1.82) is 0 Å². The van der Waals surface area contributed by atoms with Gasteiger partial charge in [-0.25, -0.2) is 4.79 Å². The number of ether oxygens (including phenoxy) is 2. The first-order valence-corrected chi connectivity index (χ1v) is 9.41. The molecule has 2 aromatic carbocycles. The molecule has 0 saturated heterocycles. The third kappa shape index (κ3) is 3.86. The van der Waals surface area contributed by atoms with E-state index in [2.05, 4.69) is 4.98 Å². The van der Waals surface area contributed by atoms with Crippen molar-refractivity contribution in [2.45, 2.75) is 32.3 Å². The number of primary amides is 1. The van der Waals surface area contributed by atoms with Gasteiger partial charge in [-0.1, -0.05) is 12.1 Å². The number of aromatic amines is 1. The highest BCUT2D eigenvalue weighted by atomic mass is 16.5. The fourth-order valence-electron chi connectivity index (χ4n) is 3.64. The highest BCUT2D eigenvalue weighted by molar-refractivity contribution is 5.96. The molecule has 144 valence electrons.